The summed E-state index contributed by atoms with van der Waals surface area (Å²) >= 11 is 0. The third kappa shape index (κ3) is 2.74. The predicted molar refractivity (Wildman–Crippen MR) is 79.2 cm³/mol. The first kappa shape index (κ1) is 17.3. The summed E-state index contributed by atoms with van der Waals surface area (Å²) in [6.45, 7) is 1.97. The maximum atomic E-state index is 9.97. The van der Waals surface area contributed by atoms with Gasteiger partial charge in [-0.25, -0.2) is 0 Å². The van der Waals surface area contributed by atoms with Crippen molar-refractivity contribution < 1.29 is 35.0 Å². The Morgan fingerprint density at radius 2 is 1.96 bits per heavy atom. The number of ether oxygens (including phenoxy) is 2. The second-order valence-corrected chi connectivity index (χ2v) is 7.17. The molecule has 1 saturated carbocycles. The van der Waals surface area contributed by atoms with Gasteiger partial charge in [0.2, 0.25) is 0 Å². The van der Waals surface area contributed by atoms with Gasteiger partial charge in [0.05, 0.1) is 13.2 Å². The topological polar surface area (TPSA) is 120 Å². The molecule has 8 atom stereocenters. The SMILES string of the molecule is C[C@@]1(CO)[C@@H]2CC=C(CO[C@@H]3O[C@H](CO)[C@@H](O)[C@H](O)[C@H]3O)[C@@H]1C2. The first-order valence-electron chi connectivity index (χ1n) is 8.14. The number of aliphatic hydroxyl groups excluding tert-OH is 5. The minimum Gasteiger partial charge on any atom is -0.396 e. The third-order valence-corrected chi connectivity index (χ3v) is 5.96. The van der Waals surface area contributed by atoms with Crippen molar-refractivity contribution in [2.75, 3.05) is 19.8 Å². The standard InChI is InChI=1S/C16H26O7/c1-16(7-18)9-3-2-8(10(16)4-9)6-22-15-14(21)13(20)12(19)11(5-17)23-15/h2,9-15,17-21H,3-7H2,1H3/t9-,10+,11-,12-,13+,14-,15-,16-/m1/s1. The highest BCUT2D eigenvalue weighted by Gasteiger charge is 2.54. The average Bonchev–Trinajstić information content (AvgIpc) is 2.58. The molecule has 3 aliphatic carbocycles. The van der Waals surface area contributed by atoms with E-state index in [1.807, 2.05) is 0 Å². The quantitative estimate of drug-likeness (QED) is 0.400. The zero-order valence-corrected chi connectivity index (χ0v) is 13.2. The first-order valence-corrected chi connectivity index (χ1v) is 8.14. The predicted octanol–water partition coefficient (Wildman–Crippen LogP) is -1.23. The summed E-state index contributed by atoms with van der Waals surface area (Å²) in [7, 11) is 0. The van der Waals surface area contributed by atoms with Crippen LogP contribution in [0.25, 0.3) is 0 Å². The molecule has 132 valence electrons. The minimum atomic E-state index is -1.43. The fourth-order valence-electron chi connectivity index (χ4n) is 4.11. The van der Waals surface area contributed by atoms with Crippen molar-refractivity contribution in [1.82, 2.24) is 0 Å². The molecule has 7 heteroatoms. The van der Waals surface area contributed by atoms with Crippen LogP contribution in [0.2, 0.25) is 0 Å². The molecule has 0 aromatic rings. The Hall–Kier alpha value is -0.540. The summed E-state index contributed by atoms with van der Waals surface area (Å²) in [5.74, 6) is 0.768. The van der Waals surface area contributed by atoms with Crippen molar-refractivity contribution in [1.29, 1.82) is 0 Å². The van der Waals surface area contributed by atoms with Gasteiger partial charge in [-0.1, -0.05) is 13.0 Å². The van der Waals surface area contributed by atoms with Crippen LogP contribution in [-0.4, -0.2) is 76.1 Å². The Kier molecular flexibility index (Phi) is 4.81. The van der Waals surface area contributed by atoms with Gasteiger partial charge in [0.1, 0.15) is 24.4 Å². The average molecular weight is 330 g/mol. The molecular formula is C16H26O7. The molecule has 0 aromatic heterocycles. The fourth-order valence-corrected chi connectivity index (χ4v) is 4.11. The lowest BCUT2D eigenvalue weighted by atomic mass is 9.48. The van der Waals surface area contributed by atoms with Crippen molar-refractivity contribution in [2.24, 2.45) is 17.3 Å². The second-order valence-electron chi connectivity index (χ2n) is 7.17. The van der Waals surface area contributed by atoms with Gasteiger partial charge in [-0.15, -0.1) is 0 Å². The Balaban J connectivity index is 1.61. The van der Waals surface area contributed by atoms with Gasteiger partial charge in [0.15, 0.2) is 6.29 Å². The lowest BCUT2D eigenvalue weighted by molar-refractivity contribution is -0.299. The second kappa shape index (κ2) is 6.40. The molecule has 0 amide bonds. The van der Waals surface area contributed by atoms with Crippen LogP contribution < -0.4 is 0 Å². The van der Waals surface area contributed by atoms with E-state index >= 15 is 0 Å². The van der Waals surface area contributed by atoms with Crippen molar-refractivity contribution in [3.8, 4) is 0 Å². The lowest BCUT2D eigenvalue weighted by Gasteiger charge is -2.57. The molecule has 0 radical (unpaired) electrons. The van der Waals surface area contributed by atoms with E-state index in [0.29, 0.717) is 5.92 Å². The zero-order valence-electron chi connectivity index (χ0n) is 13.2. The van der Waals surface area contributed by atoms with E-state index in [4.69, 9.17) is 9.47 Å². The highest BCUT2D eigenvalue weighted by molar-refractivity contribution is 5.24. The van der Waals surface area contributed by atoms with Gasteiger partial charge in [0, 0.05) is 12.0 Å². The Morgan fingerprint density at radius 3 is 2.57 bits per heavy atom. The van der Waals surface area contributed by atoms with Crippen LogP contribution in [0.4, 0.5) is 0 Å². The molecule has 1 saturated heterocycles. The molecule has 0 aromatic carbocycles. The summed E-state index contributed by atoms with van der Waals surface area (Å²) in [6.07, 6.45) is -2.22. The number of allylic oxidation sites excluding steroid dienone is 1. The number of hydrogen-bond acceptors (Lipinski definition) is 7. The summed E-state index contributed by atoms with van der Waals surface area (Å²) in [5, 5.41) is 48.3. The van der Waals surface area contributed by atoms with Crippen molar-refractivity contribution in [2.45, 2.75) is 50.5 Å². The maximum Gasteiger partial charge on any atom is 0.187 e. The van der Waals surface area contributed by atoms with Crippen LogP contribution in [0, 0.1) is 17.3 Å². The first-order chi connectivity index (χ1) is 10.9. The van der Waals surface area contributed by atoms with Gasteiger partial charge in [-0.05, 0) is 30.3 Å². The molecular weight excluding hydrogens is 304 g/mol. The molecule has 4 rings (SSSR count). The summed E-state index contributed by atoms with van der Waals surface area (Å²) in [5.41, 5.74) is 0.962. The Bertz CT molecular complexity index is 465. The van der Waals surface area contributed by atoms with Crippen LogP contribution in [-0.2, 0) is 9.47 Å². The van der Waals surface area contributed by atoms with Gasteiger partial charge >= 0.3 is 0 Å². The fraction of sp³-hybridized carbons (Fsp3) is 0.875. The van der Waals surface area contributed by atoms with Crippen molar-refractivity contribution in [3.63, 3.8) is 0 Å². The minimum absolute atomic E-state index is 0.108. The summed E-state index contributed by atoms with van der Waals surface area (Å²) in [6, 6.07) is 0. The van der Waals surface area contributed by atoms with Gasteiger partial charge in [-0.3, -0.25) is 0 Å². The van der Waals surface area contributed by atoms with Crippen LogP contribution in [0.3, 0.4) is 0 Å². The lowest BCUT2D eigenvalue weighted by Crippen LogP contribution is -2.59. The van der Waals surface area contributed by atoms with E-state index < -0.39 is 37.3 Å². The number of hydrogen-bond donors (Lipinski definition) is 5. The van der Waals surface area contributed by atoms with Gasteiger partial charge in [-0.2, -0.15) is 0 Å². The highest BCUT2D eigenvalue weighted by atomic mass is 16.7. The van der Waals surface area contributed by atoms with Crippen molar-refractivity contribution >= 4 is 0 Å². The molecule has 7 nitrogen and oxygen atoms in total. The largest absolute Gasteiger partial charge is 0.396 e. The molecule has 1 aliphatic heterocycles. The molecule has 4 aliphatic rings. The molecule has 0 spiro atoms. The third-order valence-electron chi connectivity index (χ3n) is 5.96. The van der Waals surface area contributed by atoms with Gasteiger partial charge < -0.3 is 35.0 Å². The van der Waals surface area contributed by atoms with E-state index in [1.165, 1.54) is 0 Å². The van der Waals surface area contributed by atoms with Crippen LogP contribution in [0.1, 0.15) is 19.8 Å². The van der Waals surface area contributed by atoms with E-state index in [2.05, 4.69) is 13.0 Å². The Labute approximate surface area is 135 Å². The molecule has 23 heavy (non-hydrogen) atoms. The molecule has 5 N–H and O–H groups in total. The highest BCUT2D eigenvalue weighted by Crippen LogP contribution is 2.59. The van der Waals surface area contributed by atoms with E-state index in [-0.39, 0.29) is 24.5 Å². The van der Waals surface area contributed by atoms with Crippen LogP contribution in [0.5, 0.6) is 0 Å². The zero-order chi connectivity index (χ0) is 16.8. The van der Waals surface area contributed by atoms with Gasteiger partial charge in [0.25, 0.3) is 0 Å². The molecule has 0 unspecified atom stereocenters. The Morgan fingerprint density at radius 1 is 1.22 bits per heavy atom. The molecule has 1 heterocycles. The smallest absolute Gasteiger partial charge is 0.187 e. The normalized spacial score (nSPS) is 49.5. The summed E-state index contributed by atoms with van der Waals surface area (Å²) in [4.78, 5) is 0. The van der Waals surface area contributed by atoms with Crippen molar-refractivity contribution in [3.05, 3.63) is 11.6 Å². The number of rotatable bonds is 5. The summed E-state index contributed by atoms with van der Waals surface area (Å²) < 4.78 is 11.0. The van der Waals surface area contributed by atoms with Crippen LogP contribution in [0.15, 0.2) is 11.6 Å². The monoisotopic (exact) mass is 330 g/mol. The van der Waals surface area contributed by atoms with E-state index in [0.717, 1.165) is 18.4 Å². The molecule has 2 bridgehead atoms. The maximum absolute atomic E-state index is 9.97. The number of aliphatic hydroxyl groups is 5. The number of fused-ring (bicyclic) bond motifs is 1. The van der Waals surface area contributed by atoms with E-state index in [1.54, 1.807) is 0 Å². The van der Waals surface area contributed by atoms with E-state index in [9.17, 15) is 25.5 Å². The van der Waals surface area contributed by atoms with Crippen LogP contribution >= 0.6 is 0 Å². The molecule has 2 fully saturated rings.